The molecule has 1 heterocycles. The average Bonchev–Trinajstić information content (AvgIpc) is 2.84. The first kappa shape index (κ1) is 12.3. The van der Waals surface area contributed by atoms with Crippen LogP contribution in [0.2, 0.25) is 0 Å². The summed E-state index contributed by atoms with van der Waals surface area (Å²) in [4.78, 5) is 15.6. The van der Waals surface area contributed by atoms with E-state index in [4.69, 9.17) is 4.74 Å². The van der Waals surface area contributed by atoms with Gasteiger partial charge in [0.1, 0.15) is 18.7 Å². The maximum atomic E-state index is 11.4. The molecule has 1 aromatic heterocycles. The monoisotopic (exact) mass is 245 g/mol. The molecule has 94 valence electrons. The van der Waals surface area contributed by atoms with Crippen LogP contribution in [0.4, 0.5) is 0 Å². The van der Waals surface area contributed by atoms with Gasteiger partial charge in [0.25, 0.3) is 0 Å². The summed E-state index contributed by atoms with van der Waals surface area (Å²) >= 11 is 0. The smallest absolute Gasteiger partial charge is 0.164 e. The molecular formula is C13H15N3O2. The molecule has 0 saturated carbocycles. The lowest BCUT2D eigenvalue weighted by molar-refractivity contribution is 0.101. The van der Waals surface area contributed by atoms with E-state index < -0.39 is 0 Å². The predicted molar refractivity (Wildman–Crippen MR) is 66.5 cm³/mol. The van der Waals surface area contributed by atoms with Crippen LogP contribution in [0, 0.1) is 0 Å². The van der Waals surface area contributed by atoms with Crippen LogP contribution in [-0.4, -0.2) is 20.5 Å². The Morgan fingerprint density at radius 1 is 1.39 bits per heavy atom. The molecule has 0 spiro atoms. The number of hydrogen-bond acceptors (Lipinski definition) is 4. The van der Waals surface area contributed by atoms with Crippen LogP contribution in [-0.2, 0) is 13.2 Å². The van der Waals surface area contributed by atoms with E-state index in [2.05, 4.69) is 10.1 Å². The summed E-state index contributed by atoms with van der Waals surface area (Å²) in [5, 5.41) is 4.06. The van der Waals surface area contributed by atoms with E-state index in [0.717, 1.165) is 12.4 Å². The van der Waals surface area contributed by atoms with Crippen molar-refractivity contribution in [3.05, 3.63) is 42.0 Å². The third-order valence-electron chi connectivity index (χ3n) is 2.62. The van der Waals surface area contributed by atoms with Crippen molar-refractivity contribution in [1.29, 1.82) is 0 Å². The number of rotatable bonds is 5. The minimum Gasteiger partial charge on any atom is -0.485 e. The summed E-state index contributed by atoms with van der Waals surface area (Å²) in [5.41, 5.74) is 0.583. The van der Waals surface area contributed by atoms with Crippen molar-refractivity contribution in [3.63, 3.8) is 0 Å². The van der Waals surface area contributed by atoms with Gasteiger partial charge in [0.2, 0.25) is 0 Å². The highest BCUT2D eigenvalue weighted by Gasteiger charge is 2.09. The van der Waals surface area contributed by atoms with Crippen molar-refractivity contribution in [1.82, 2.24) is 14.8 Å². The number of ether oxygens (including phenoxy) is 1. The van der Waals surface area contributed by atoms with E-state index in [1.807, 2.05) is 19.1 Å². The third kappa shape index (κ3) is 2.56. The Bertz CT molecular complexity index is 549. The number of hydrogen-bond donors (Lipinski definition) is 0. The first-order valence-corrected chi connectivity index (χ1v) is 5.81. The van der Waals surface area contributed by atoms with Gasteiger partial charge in [-0.1, -0.05) is 12.1 Å². The molecule has 0 aliphatic rings. The Morgan fingerprint density at radius 2 is 2.17 bits per heavy atom. The maximum absolute atomic E-state index is 11.4. The first-order valence-electron chi connectivity index (χ1n) is 5.81. The quantitative estimate of drug-likeness (QED) is 0.757. The molecule has 2 aromatic rings. The SMILES string of the molecule is CCn1ncnc1COc1ccccc1C(C)=O. The molecule has 18 heavy (non-hydrogen) atoms. The van der Waals surface area contributed by atoms with Gasteiger partial charge in [0.15, 0.2) is 11.6 Å². The molecule has 0 aliphatic carbocycles. The lowest BCUT2D eigenvalue weighted by atomic mass is 10.1. The van der Waals surface area contributed by atoms with Crippen molar-refractivity contribution in [2.45, 2.75) is 27.0 Å². The number of carbonyl (C=O) groups excluding carboxylic acids is 1. The normalized spacial score (nSPS) is 10.3. The Morgan fingerprint density at radius 3 is 2.89 bits per heavy atom. The van der Waals surface area contributed by atoms with Gasteiger partial charge in [0, 0.05) is 6.54 Å². The zero-order valence-corrected chi connectivity index (χ0v) is 10.5. The molecule has 5 heteroatoms. The van der Waals surface area contributed by atoms with Crippen molar-refractivity contribution in [2.24, 2.45) is 0 Å². The molecule has 0 fully saturated rings. The summed E-state index contributed by atoms with van der Waals surface area (Å²) in [6, 6.07) is 7.19. The van der Waals surface area contributed by atoms with Gasteiger partial charge in [0.05, 0.1) is 5.56 Å². The maximum Gasteiger partial charge on any atom is 0.164 e. The summed E-state index contributed by atoms with van der Waals surface area (Å²) < 4.78 is 7.40. The zero-order valence-electron chi connectivity index (χ0n) is 10.5. The van der Waals surface area contributed by atoms with Gasteiger partial charge in [-0.3, -0.25) is 4.79 Å². The zero-order chi connectivity index (χ0) is 13.0. The van der Waals surface area contributed by atoms with E-state index in [9.17, 15) is 4.79 Å². The van der Waals surface area contributed by atoms with Crippen LogP contribution in [0.5, 0.6) is 5.75 Å². The van der Waals surface area contributed by atoms with E-state index >= 15 is 0 Å². The summed E-state index contributed by atoms with van der Waals surface area (Å²) in [5.74, 6) is 1.31. The summed E-state index contributed by atoms with van der Waals surface area (Å²) in [6.07, 6.45) is 1.50. The number of nitrogens with zero attached hydrogens (tertiary/aromatic N) is 3. The molecule has 2 rings (SSSR count). The highest BCUT2D eigenvalue weighted by Crippen LogP contribution is 2.19. The Labute approximate surface area is 105 Å². The van der Waals surface area contributed by atoms with Crippen molar-refractivity contribution < 1.29 is 9.53 Å². The number of Topliss-reactive ketones (excluding diaryl/α,β-unsaturated/α-hetero) is 1. The highest BCUT2D eigenvalue weighted by atomic mass is 16.5. The summed E-state index contributed by atoms with van der Waals surface area (Å²) in [7, 11) is 0. The van der Waals surface area contributed by atoms with Crippen LogP contribution in [0.3, 0.4) is 0 Å². The van der Waals surface area contributed by atoms with Crippen LogP contribution in [0.25, 0.3) is 0 Å². The molecule has 5 nitrogen and oxygen atoms in total. The van der Waals surface area contributed by atoms with E-state index in [1.54, 1.807) is 16.8 Å². The number of ketones is 1. The fourth-order valence-electron chi connectivity index (χ4n) is 1.69. The molecule has 0 radical (unpaired) electrons. The minimum atomic E-state index is -0.0115. The lowest BCUT2D eigenvalue weighted by Gasteiger charge is -2.09. The van der Waals surface area contributed by atoms with Crippen molar-refractivity contribution >= 4 is 5.78 Å². The van der Waals surface area contributed by atoms with Gasteiger partial charge >= 0.3 is 0 Å². The molecule has 0 unspecified atom stereocenters. The molecule has 0 N–H and O–H groups in total. The Kier molecular flexibility index (Phi) is 3.72. The third-order valence-corrected chi connectivity index (χ3v) is 2.62. The second kappa shape index (κ2) is 5.44. The van der Waals surface area contributed by atoms with Gasteiger partial charge in [-0.2, -0.15) is 5.10 Å². The fraction of sp³-hybridized carbons (Fsp3) is 0.308. The van der Waals surface area contributed by atoms with Crippen molar-refractivity contribution in [3.8, 4) is 5.75 Å². The highest BCUT2D eigenvalue weighted by molar-refractivity contribution is 5.96. The summed E-state index contributed by atoms with van der Waals surface area (Å²) in [6.45, 7) is 4.56. The topological polar surface area (TPSA) is 57.0 Å². The Balaban J connectivity index is 2.13. The van der Waals surface area contributed by atoms with Gasteiger partial charge in [-0.25, -0.2) is 9.67 Å². The number of para-hydroxylation sites is 1. The van der Waals surface area contributed by atoms with E-state index in [0.29, 0.717) is 17.9 Å². The van der Waals surface area contributed by atoms with Crippen LogP contribution in [0.1, 0.15) is 30.0 Å². The molecular weight excluding hydrogens is 230 g/mol. The first-order chi connectivity index (χ1) is 8.72. The van der Waals surface area contributed by atoms with Gasteiger partial charge in [-0.05, 0) is 26.0 Å². The molecule has 0 bridgehead atoms. The molecule has 0 saturated heterocycles. The largest absolute Gasteiger partial charge is 0.485 e. The van der Waals surface area contributed by atoms with Crippen molar-refractivity contribution in [2.75, 3.05) is 0 Å². The number of aromatic nitrogens is 3. The standard InChI is InChI=1S/C13H15N3O2/c1-3-16-13(14-9-15-16)8-18-12-7-5-4-6-11(12)10(2)17/h4-7,9H,3,8H2,1-2H3. The van der Waals surface area contributed by atoms with Crippen LogP contribution in [0.15, 0.2) is 30.6 Å². The predicted octanol–water partition coefficient (Wildman–Crippen LogP) is 2.08. The number of benzene rings is 1. The second-order valence-electron chi connectivity index (χ2n) is 3.83. The fourth-order valence-corrected chi connectivity index (χ4v) is 1.69. The minimum absolute atomic E-state index is 0.0115. The average molecular weight is 245 g/mol. The van der Waals surface area contributed by atoms with Gasteiger partial charge in [-0.15, -0.1) is 0 Å². The van der Waals surface area contributed by atoms with Crippen LogP contribution >= 0.6 is 0 Å². The van der Waals surface area contributed by atoms with E-state index in [-0.39, 0.29) is 5.78 Å². The molecule has 0 atom stereocenters. The molecule has 0 amide bonds. The molecule has 0 aliphatic heterocycles. The number of aryl methyl sites for hydroxylation is 1. The van der Waals surface area contributed by atoms with Gasteiger partial charge < -0.3 is 4.74 Å². The second-order valence-corrected chi connectivity index (χ2v) is 3.83. The Hall–Kier alpha value is -2.17. The van der Waals surface area contributed by atoms with E-state index in [1.165, 1.54) is 13.3 Å². The molecule has 1 aromatic carbocycles. The lowest BCUT2D eigenvalue weighted by Crippen LogP contribution is -2.08. The van der Waals surface area contributed by atoms with Crippen LogP contribution < -0.4 is 4.74 Å². The number of carbonyl (C=O) groups is 1.